The monoisotopic (exact) mass is 249 g/mol. The molecule has 82 valence electrons. The number of hydrogen-bond donors (Lipinski definition) is 0. The van der Waals surface area contributed by atoms with Crippen molar-refractivity contribution in [2.45, 2.75) is 6.42 Å². The van der Waals surface area contributed by atoms with Crippen LogP contribution < -0.4 is 4.90 Å². The van der Waals surface area contributed by atoms with Crippen LogP contribution in [0.25, 0.3) is 0 Å². The molecule has 0 aliphatic rings. The topological polar surface area (TPSA) is 39.9 Å². The van der Waals surface area contributed by atoms with Crippen LogP contribution >= 0.6 is 22.7 Å². The highest BCUT2D eigenvalue weighted by atomic mass is 32.1. The average Bonchev–Trinajstić information content (AvgIpc) is 2.96. The quantitative estimate of drug-likeness (QED) is 0.836. The van der Waals surface area contributed by atoms with Gasteiger partial charge in [0, 0.05) is 18.5 Å². The SMILES string of the molecule is CN(CCc1cccs1)c1ncc(C#N)s1. The third-order valence-corrected chi connectivity index (χ3v) is 4.16. The molecule has 0 bridgehead atoms. The zero-order valence-corrected chi connectivity index (χ0v) is 10.5. The van der Waals surface area contributed by atoms with Gasteiger partial charge >= 0.3 is 0 Å². The molecule has 2 rings (SSSR count). The number of thiophene rings is 1. The number of anilines is 1. The minimum Gasteiger partial charge on any atom is -0.351 e. The Morgan fingerprint density at radius 3 is 3.06 bits per heavy atom. The second-order valence-electron chi connectivity index (χ2n) is 3.37. The molecule has 16 heavy (non-hydrogen) atoms. The molecule has 0 N–H and O–H groups in total. The van der Waals surface area contributed by atoms with Gasteiger partial charge in [0.15, 0.2) is 5.13 Å². The summed E-state index contributed by atoms with van der Waals surface area (Å²) in [5, 5.41) is 11.7. The van der Waals surface area contributed by atoms with Crippen LogP contribution in [0.3, 0.4) is 0 Å². The largest absolute Gasteiger partial charge is 0.351 e. The summed E-state index contributed by atoms with van der Waals surface area (Å²) in [6.45, 7) is 0.929. The first-order valence-corrected chi connectivity index (χ1v) is 6.58. The molecule has 0 saturated carbocycles. The predicted octanol–water partition coefficient (Wildman–Crippen LogP) is 2.76. The number of nitriles is 1. The second kappa shape index (κ2) is 5.10. The molecule has 2 aromatic rings. The summed E-state index contributed by atoms with van der Waals surface area (Å²) in [6.07, 6.45) is 2.65. The Kier molecular flexibility index (Phi) is 3.54. The zero-order valence-electron chi connectivity index (χ0n) is 8.88. The fraction of sp³-hybridized carbons (Fsp3) is 0.273. The number of rotatable bonds is 4. The fourth-order valence-corrected chi connectivity index (χ4v) is 2.72. The molecule has 0 spiro atoms. The van der Waals surface area contributed by atoms with Gasteiger partial charge in [0.25, 0.3) is 0 Å². The second-order valence-corrected chi connectivity index (χ2v) is 5.41. The van der Waals surface area contributed by atoms with Gasteiger partial charge < -0.3 is 4.90 Å². The van der Waals surface area contributed by atoms with Crippen LogP contribution in [-0.4, -0.2) is 18.6 Å². The Balaban J connectivity index is 1.93. The lowest BCUT2D eigenvalue weighted by Gasteiger charge is -2.14. The highest BCUT2D eigenvalue weighted by molar-refractivity contribution is 7.16. The van der Waals surface area contributed by atoms with E-state index in [1.165, 1.54) is 16.2 Å². The first-order chi connectivity index (χ1) is 7.79. The highest BCUT2D eigenvalue weighted by Gasteiger charge is 2.06. The Labute approximate surface area is 103 Å². The molecular weight excluding hydrogens is 238 g/mol. The van der Waals surface area contributed by atoms with E-state index < -0.39 is 0 Å². The maximum absolute atomic E-state index is 8.72. The van der Waals surface area contributed by atoms with E-state index in [0.717, 1.165) is 18.1 Å². The molecule has 0 aromatic carbocycles. The van der Waals surface area contributed by atoms with Crippen molar-refractivity contribution in [2.24, 2.45) is 0 Å². The van der Waals surface area contributed by atoms with Gasteiger partial charge in [-0.25, -0.2) is 4.98 Å². The van der Waals surface area contributed by atoms with E-state index in [1.54, 1.807) is 17.5 Å². The van der Waals surface area contributed by atoms with E-state index >= 15 is 0 Å². The molecule has 2 heterocycles. The van der Waals surface area contributed by atoms with Crippen LogP contribution in [0.1, 0.15) is 9.75 Å². The van der Waals surface area contributed by atoms with Gasteiger partial charge in [-0.3, -0.25) is 0 Å². The van der Waals surface area contributed by atoms with Gasteiger partial charge in [-0.15, -0.1) is 11.3 Å². The highest BCUT2D eigenvalue weighted by Crippen LogP contribution is 2.21. The zero-order chi connectivity index (χ0) is 11.4. The van der Waals surface area contributed by atoms with Gasteiger partial charge in [0.05, 0.1) is 6.20 Å². The summed E-state index contributed by atoms with van der Waals surface area (Å²) in [7, 11) is 2.01. The van der Waals surface area contributed by atoms with Crippen molar-refractivity contribution in [3.05, 3.63) is 33.5 Å². The first kappa shape index (κ1) is 11.1. The summed E-state index contributed by atoms with van der Waals surface area (Å²) in [5.41, 5.74) is 0. The molecule has 0 aliphatic heterocycles. The Bertz CT molecular complexity index is 482. The summed E-state index contributed by atoms with van der Waals surface area (Å²) in [5.74, 6) is 0. The predicted molar refractivity (Wildman–Crippen MR) is 68.1 cm³/mol. The smallest absolute Gasteiger partial charge is 0.186 e. The van der Waals surface area contributed by atoms with E-state index in [-0.39, 0.29) is 0 Å². The van der Waals surface area contributed by atoms with E-state index in [0.29, 0.717) is 4.88 Å². The van der Waals surface area contributed by atoms with Crippen molar-refractivity contribution < 1.29 is 0 Å². The maximum Gasteiger partial charge on any atom is 0.186 e. The van der Waals surface area contributed by atoms with Gasteiger partial charge in [0.2, 0.25) is 0 Å². The molecule has 2 aromatic heterocycles. The number of aromatic nitrogens is 1. The van der Waals surface area contributed by atoms with Crippen LogP contribution in [0.15, 0.2) is 23.7 Å². The van der Waals surface area contributed by atoms with E-state index in [2.05, 4.69) is 33.5 Å². The van der Waals surface area contributed by atoms with Gasteiger partial charge in [-0.2, -0.15) is 5.26 Å². The van der Waals surface area contributed by atoms with Crippen LogP contribution in [0, 0.1) is 11.3 Å². The number of thiazole rings is 1. The lowest BCUT2D eigenvalue weighted by atomic mass is 10.3. The van der Waals surface area contributed by atoms with E-state index in [4.69, 9.17) is 5.26 Å². The number of hydrogen-bond acceptors (Lipinski definition) is 5. The fourth-order valence-electron chi connectivity index (χ4n) is 1.32. The van der Waals surface area contributed by atoms with Crippen LogP contribution in [0.5, 0.6) is 0 Å². The van der Waals surface area contributed by atoms with E-state index in [1.807, 2.05) is 7.05 Å². The standard InChI is InChI=1S/C11H11N3S2/c1-14(5-4-9-3-2-6-15-9)11-13-8-10(7-12)16-11/h2-3,6,8H,4-5H2,1H3. The van der Waals surface area contributed by atoms with Crippen molar-refractivity contribution in [1.82, 2.24) is 4.98 Å². The third kappa shape index (κ3) is 2.60. The summed E-state index contributed by atoms with van der Waals surface area (Å²) in [4.78, 5) is 8.34. The maximum atomic E-state index is 8.72. The molecule has 0 radical (unpaired) electrons. The molecule has 5 heteroatoms. The molecule has 3 nitrogen and oxygen atoms in total. The number of nitrogens with zero attached hydrogens (tertiary/aromatic N) is 3. The van der Waals surface area contributed by atoms with E-state index in [9.17, 15) is 0 Å². The third-order valence-electron chi connectivity index (χ3n) is 2.20. The molecule has 0 saturated heterocycles. The average molecular weight is 249 g/mol. The van der Waals surface area contributed by atoms with Gasteiger partial charge in [-0.05, 0) is 17.9 Å². The van der Waals surface area contributed by atoms with Crippen molar-refractivity contribution >= 4 is 27.8 Å². The summed E-state index contributed by atoms with van der Waals surface area (Å²) in [6, 6.07) is 6.31. The lowest BCUT2D eigenvalue weighted by Crippen LogP contribution is -2.19. The normalized spacial score (nSPS) is 10.0. The van der Waals surface area contributed by atoms with Crippen molar-refractivity contribution in [2.75, 3.05) is 18.5 Å². The molecule has 0 atom stereocenters. The molecular formula is C11H11N3S2. The molecule has 0 fully saturated rings. The van der Waals surface area contributed by atoms with Gasteiger partial charge in [-0.1, -0.05) is 17.4 Å². The van der Waals surface area contributed by atoms with Crippen LogP contribution in [-0.2, 0) is 6.42 Å². The Morgan fingerprint density at radius 2 is 2.44 bits per heavy atom. The summed E-state index contributed by atoms with van der Waals surface area (Å²) < 4.78 is 0. The Hall–Kier alpha value is -1.38. The number of likely N-dealkylation sites (N-methyl/N-ethyl adjacent to an activating group) is 1. The molecule has 0 aliphatic carbocycles. The minimum absolute atomic E-state index is 0.665. The lowest BCUT2D eigenvalue weighted by molar-refractivity contribution is 0.881. The van der Waals surface area contributed by atoms with Crippen molar-refractivity contribution in [3.63, 3.8) is 0 Å². The first-order valence-electron chi connectivity index (χ1n) is 4.89. The van der Waals surface area contributed by atoms with Gasteiger partial charge in [0.1, 0.15) is 10.9 Å². The van der Waals surface area contributed by atoms with Crippen molar-refractivity contribution in [1.29, 1.82) is 5.26 Å². The molecule has 0 amide bonds. The van der Waals surface area contributed by atoms with Crippen LogP contribution in [0.2, 0.25) is 0 Å². The minimum atomic E-state index is 0.665. The molecule has 0 unspecified atom stereocenters. The Morgan fingerprint density at radius 1 is 1.56 bits per heavy atom. The summed E-state index contributed by atoms with van der Waals surface area (Å²) >= 11 is 3.21. The van der Waals surface area contributed by atoms with Crippen molar-refractivity contribution in [3.8, 4) is 6.07 Å². The van der Waals surface area contributed by atoms with Crippen LogP contribution in [0.4, 0.5) is 5.13 Å².